The van der Waals surface area contributed by atoms with Crippen molar-refractivity contribution < 1.29 is 9.21 Å². The van der Waals surface area contributed by atoms with Gasteiger partial charge in [-0.05, 0) is 59.9 Å². The first-order valence-electron chi connectivity index (χ1n) is 9.70. The molecule has 0 aliphatic heterocycles. The highest BCUT2D eigenvalue weighted by Crippen LogP contribution is 2.28. The van der Waals surface area contributed by atoms with E-state index in [0.717, 1.165) is 27.9 Å². The zero-order valence-corrected chi connectivity index (χ0v) is 17.1. The molecule has 1 aromatic heterocycles. The van der Waals surface area contributed by atoms with Gasteiger partial charge in [0.05, 0.1) is 0 Å². The van der Waals surface area contributed by atoms with Crippen LogP contribution < -0.4 is 5.32 Å². The zero-order chi connectivity index (χ0) is 20.6. The molecule has 0 spiro atoms. The van der Waals surface area contributed by atoms with E-state index >= 15 is 0 Å². The van der Waals surface area contributed by atoms with Crippen molar-refractivity contribution in [3.63, 3.8) is 0 Å². The number of anilines is 1. The summed E-state index contributed by atoms with van der Waals surface area (Å²) in [7, 11) is 0. The average molecular weight is 384 g/mol. The Hall–Kier alpha value is -3.40. The summed E-state index contributed by atoms with van der Waals surface area (Å²) in [6.45, 7) is 8.43. The van der Waals surface area contributed by atoms with Gasteiger partial charge in [0, 0.05) is 16.8 Å². The normalized spacial score (nSPS) is 11.6. The molecule has 4 aromatic rings. The van der Waals surface area contributed by atoms with Crippen molar-refractivity contribution in [1.29, 1.82) is 0 Å². The van der Waals surface area contributed by atoms with Crippen LogP contribution in [0.1, 0.15) is 42.3 Å². The first-order chi connectivity index (χ1) is 13.8. The predicted octanol–water partition coefficient (Wildman–Crippen LogP) is 6.35. The molecule has 0 saturated carbocycles. The van der Waals surface area contributed by atoms with Crippen molar-refractivity contribution in [2.45, 2.75) is 33.1 Å². The summed E-state index contributed by atoms with van der Waals surface area (Å²) < 4.78 is 5.86. The maximum atomic E-state index is 12.8. The van der Waals surface area contributed by atoms with E-state index in [-0.39, 0.29) is 11.3 Å². The molecule has 0 fully saturated rings. The summed E-state index contributed by atoms with van der Waals surface area (Å²) in [6.07, 6.45) is 0. The summed E-state index contributed by atoms with van der Waals surface area (Å²) in [4.78, 5) is 17.3. The number of amides is 1. The molecule has 4 heteroatoms. The van der Waals surface area contributed by atoms with Crippen molar-refractivity contribution in [1.82, 2.24) is 4.98 Å². The molecule has 1 heterocycles. The molecular formula is C25H24N2O2. The molecular weight excluding hydrogens is 360 g/mol. The third kappa shape index (κ3) is 3.92. The second kappa shape index (κ2) is 7.21. The molecule has 0 bridgehead atoms. The highest BCUT2D eigenvalue weighted by molar-refractivity contribution is 6.05. The van der Waals surface area contributed by atoms with Gasteiger partial charge in [-0.15, -0.1) is 0 Å². The molecule has 4 nitrogen and oxygen atoms in total. The van der Waals surface area contributed by atoms with Gasteiger partial charge < -0.3 is 9.73 Å². The number of oxazole rings is 1. The van der Waals surface area contributed by atoms with Gasteiger partial charge in [-0.2, -0.15) is 0 Å². The fraction of sp³-hybridized carbons (Fsp3) is 0.200. The van der Waals surface area contributed by atoms with Crippen LogP contribution in [0, 0.1) is 6.92 Å². The van der Waals surface area contributed by atoms with Gasteiger partial charge in [-0.25, -0.2) is 4.98 Å². The number of aryl methyl sites for hydroxylation is 1. The third-order valence-electron chi connectivity index (χ3n) is 5.04. The van der Waals surface area contributed by atoms with E-state index in [1.165, 1.54) is 5.56 Å². The number of rotatable bonds is 3. The lowest BCUT2D eigenvalue weighted by molar-refractivity contribution is 0.102. The molecule has 0 aliphatic rings. The number of para-hydroxylation sites is 2. The fourth-order valence-electron chi connectivity index (χ4n) is 3.20. The maximum Gasteiger partial charge on any atom is 0.255 e. The molecule has 3 aromatic carbocycles. The third-order valence-corrected chi connectivity index (χ3v) is 5.04. The van der Waals surface area contributed by atoms with Gasteiger partial charge in [0.25, 0.3) is 5.91 Å². The molecule has 146 valence electrons. The van der Waals surface area contributed by atoms with Gasteiger partial charge in [0.1, 0.15) is 5.52 Å². The van der Waals surface area contributed by atoms with Gasteiger partial charge in [0.15, 0.2) is 5.58 Å². The van der Waals surface area contributed by atoms with Crippen LogP contribution in [0.5, 0.6) is 0 Å². The van der Waals surface area contributed by atoms with Gasteiger partial charge >= 0.3 is 0 Å². The molecule has 0 unspecified atom stereocenters. The van der Waals surface area contributed by atoms with Crippen LogP contribution in [0.25, 0.3) is 22.6 Å². The molecule has 1 N–H and O–H groups in total. The van der Waals surface area contributed by atoms with Crippen LogP contribution in [-0.4, -0.2) is 10.9 Å². The van der Waals surface area contributed by atoms with E-state index in [1.54, 1.807) is 0 Å². The highest BCUT2D eigenvalue weighted by atomic mass is 16.3. The molecule has 0 aliphatic carbocycles. The van der Waals surface area contributed by atoms with Crippen molar-refractivity contribution in [3.05, 3.63) is 83.4 Å². The Kier molecular flexibility index (Phi) is 4.71. The van der Waals surface area contributed by atoms with E-state index in [0.29, 0.717) is 11.5 Å². The summed E-state index contributed by atoms with van der Waals surface area (Å²) >= 11 is 0. The Morgan fingerprint density at radius 2 is 1.69 bits per heavy atom. The largest absolute Gasteiger partial charge is 0.436 e. The van der Waals surface area contributed by atoms with E-state index in [2.05, 4.69) is 31.1 Å². The zero-order valence-electron chi connectivity index (χ0n) is 17.1. The standard InChI is InChI=1S/C25H24N2O2/c1-16-9-10-18(24-27-20-7-5-6-8-22(20)29-24)15-21(16)26-23(28)17-11-13-19(14-12-17)25(2,3)4/h5-15H,1-4H3,(H,26,28). The van der Waals surface area contributed by atoms with E-state index in [4.69, 9.17) is 4.42 Å². The maximum absolute atomic E-state index is 12.8. The first-order valence-corrected chi connectivity index (χ1v) is 9.70. The van der Waals surface area contributed by atoms with E-state index < -0.39 is 0 Å². The monoisotopic (exact) mass is 384 g/mol. The number of carbonyl (C=O) groups is 1. The highest BCUT2D eigenvalue weighted by Gasteiger charge is 2.15. The average Bonchev–Trinajstić information content (AvgIpc) is 3.13. The smallest absolute Gasteiger partial charge is 0.255 e. The molecule has 0 atom stereocenters. The molecule has 0 saturated heterocycles. The molecule has 0 radical (unpaired) electrons. The van der Waals surface area contributed by atoms with Gasteiger partial charge in [-0.3, -0.25) is 4.79 Å². The number of hydrogen-bond acceptors (Lipinski definition) is 3. The number of nitrogens with zero attached hydrogens (tertiary/aromatic N) is 1. The Bertz CT molecular complexity index is 1150. The Morgan fingerprint density at radius 3 is 2.38 bits per heavy atom. The first kappa shape index (κ1) is 18.9. The lowest BCUT2D eigenvalue weighted by Crippen LogP contribution is -2.15. The van der Waals surface area contributed by atoms with Crippen molar-refractivity contribution in [2.24, 2.45) is 0 Å². The summed E-state index contributed by atoms with van der Waals surface area (Å²) in [6, 6.07) is 21.2. The topological polar surface area (TPSA) is 55.1 Å². The quantitative estimate of drug-likeness (QED) is 0.447. The van der Waals surface area contributed by atoms with Crippen molar-refractivity contribution in [2.75, 3.05) is 5.32 Å². The van der Waals surface area contributed by atoms with Crippen LogP contribution in [-0.2, 0) is 5.41 Å². The van der Waals surface area contributed by atoms with Crippen LogP contribution in [0.15, 0.2) is 71.1 Å². The summed E-state index contributed by atoms with van der Waals surface area (Å²) in [5.41, 5.74) is 5.98. The van der Waals surface area contributed by atoms with Crippen molar-refractivity contribution >= 4 is 22.7 Å². The van der Waals surface area contributed by atoms with Crippen LogP contribution in [0.2, 0.25) is 0 Å². The molecule has 1 amide bonds. The number of fused-ring (bicyclic) bond motifs is 1. The second-order valence-corrected chi connectivity index (χ2v) is 8.30. The summed E-state index contributed by atoms with van der Waals surface area (Å²) in [5.74, 6) is 0.402. The number of nitrogens with one attached hydrogen (secondary N) is 1. The lowest BCUT2D eigenvalue weighted by Gasteiger charge is -2.19. The lowest BCUT2D eigenvalue weighted by atomic mass is 9.86. The Balaban J connectivity index is 1.60. The minimum absolute atomic E-state index is 0.0551. The fourth-order valence-corrected chi connectivity index (χ4v) is 3.20. The Morgan fingerprint density at radius 1 is 0.966 bits per heavy atom. The van der Waals surface area contributed by atoms with E-state index in [1.807, 2.05) is 73.7 Å². The SMILES string of the molecule is Cc1ccc(-c2nc3ccccc3o2)cc1NC(=O)c1ccc(C(C)(C)C)cc1. The minimum Gasteiger partial charge on any atom is -0.436 e. The molecule has 29 heavy (non-hydrogen) atoms. The minimum atomic E-state index is -0.136. The van der Waals surface area contributed by atoms with Gasteiger partial charge in [0.2, 0.25) is 5.89 Å². The van der Waals surface area contributed by atoms with Crippen molar-refractivity contribution in [3.8, 4) is 11.5 Å². The van der Waals surface area contributed by atoms with Crippen LogP contribution >= 0.6 is 0 Å². The Labute approximate surface area is 170 Å². The predicted molar refractivity (Wildman–Crippen MR) is 117 cm³/mol. The second-order valence-electron chi connectivity index (χ2n) is 8.30. The number of aromatic nitrogens is 1. The number of benzene rings is 3. The number of hydrogen-bond donors (Lipinski definition) is 1. The van der Waals surface area contributed by atoms with Gasteiger partial charge in [-0.1, -0.05) is 51.1 Å². The van der Waals surface area contributed by atoms with Crippen LogP contribution in [0.4, 0.5) is 5.69 Å². The summed E-state index contributed by atoms with van der Waals surface area (Å²) in [5, 5.41) is 3.02. The number of carbonyl (C=O) groups excluding carboxylic acids is 1. The van der Waals surface area contributed by atoms with E-state index in [9.17, 15) is 4.79 Å². The van der Waals surface area contributed by atoms with Crippen LogP contribution in [0.3, 0.4) is 0 Å². The molecule has 4 rings (SSSR count).